The van der Waals surface area contributed by atoms with Gasteiger partial charge in [-0.1, -0.05) is 13.8 Å². The first kappa shape index (κ1) is 11.4. The summed E-state index contributed by atoms with van der Waals surface area (Å²) in [6.07, 6.45) is 0. The molecule has 0 fully saturated rings. The Kier molecular flexibility index (Phi) is 3.62. The highest BCUT2D eigenvalue weighted by atomic mass is 19.3. The molecule has 0 atom stereocenters. The van der Waals surface area contributed by atoms with Crippen LogP contribution in [-0.4, -0.2) is 6.61 Å². The van der Waals surface area contributed by atoms with Crippen LogP contribution in [0.3, 0.4) is 0 Å². The van der Waals surface area contributed by atoms with Crippen LogP contribution in [-0.2, 0) is 0 Å². The van der Waals surface area contributed by atoms with E-state index in [4.69, 9.17) is 5.26 Å². The van der Waals surface area contributed by atoms with Gasteiger partial charge in [-0.15, -0.1) is 0 Å². The van der Waals surface area contributed by atoms with Crippen LogP contribution in [0.2, 0.25) is 0 Å². The molecule has 1 rings (SSSR count). The van der Waals surface area contributed by atoms with Gasteiger partial charge < -0.3 is 4.74 Å². The molecule has 0 aliphatic carbocycles. The topological polar surface area (TPSA) is 33.0 Å². The maximum atomic E-state index is 12.0. The number of nitrogens with zero attached hydrogens (tertiary/aromatic N) is 1. The first-order valence-corrected chi connectivity index (χ1v) is 4.33. The van der Waals surface area contributed by atoms with Crippen LogP contribution in [0.4, 0.5) is 8.78 Å². The van der Waals surface area contributed by atoms with Crippen molar-refractivity contribution in [3.8, 4) is 11.8 Å². The van der Waals surface area contributed by atoms with Gasteiger partial charge in [-0.05, 0) is 29.7 Å². The van der Waals surface area contributed by atoms with Crippen LogP contribution in [0.25, 0.3) is 0 Å². The zero-order chi connectivity index (χ0) is 11.4. The van der Waals surface area contributed by atoms with E-state index in [1.165, 1.54) is 12.1 Å². The van der Waals surface area contributed by atoms with Crippen LogP contribution >= 0.6 is 0 Å². The number of alkyl halides is 2. The van der Waals surface area contributed by atoms with E-state index < -0.39 is 6.61 Å². The van der Waals surface area contributed by atoms with Gasteiger partial charge in [0, 0.05) is 0 Å². The molecular formula is C11H10F2NO. The first-order chi connectivity index (χ1) is 7.02. The molecule has 4 heteroatoms. The average Bonchev–Trinajstić information content (AvgIpc) is 2.16. The van der Waals surface area contributed by atoms with Crippen molar-refractivity contribution in [2.75, 3.05) is 0 Å². The molecule has 2 nitrogen and oxygen atoms in total. The first-order valence-electron chi connectivity index (χ1n) is 4.33. The van der Waals surface area contributed by atoms with Gasteiger partial charge in [-0.3, -0.25) is 0 Å². The van der Waals surface area contributed by atoms with Gasteiger partial charge in [0.2, 0.25) is 0 Å². The lowest BCUT2D eigenvalue weighted by Gasteiger charge is -2.09. The third-order valence-corrected chi connectivity index (χ3v) is 1.84. The number of benzene rings is 1. The van der Waals surface area contributed by atoms with E-state index >= 15 is 0 Å². The minimum absolute atomic E-state index is 0.0141. The molecule has 0 spiro atoms. The summed E-state index contributed by atoms with van der Waals surface area (Å²) in [7, 11) is 0. The Hall–Kier alpha value is -1.63. The van der Waals surface area contributed by atoms with Gasteiger partial charge in [-0.2, -0.15) is 14.0 Å². The fraction of sp³-hybridized carbons (Fsp3) is 0.273. The van der Waals surface area contributed by atoms with Crippen molar-refractivity contribution in [2.45, 2.75) is 20.5 Å². The molecule has 1 radical (unpaired) electrons. The molecule has 0 saturated heterocycles. The Bertz CT molecular complexity index is 383. The zero-order valence-electron chi connectivity index (χ0n) is 8.42. The maximum absolute atomic E-state index is 12.0. The molecule has 0 aromatic heterocycles. The van der Waals surface area contributed by atoms with Gasteiger partial charge in [0.1, 0.15) is 5.75 Å². The fourth-order valence-corrected chi connectivity index (χ4v) is 1.12. The van der Waals surface area contributed by atoms with Crippen molar-refractivity contribution in [1.82, 2.24) is 0 Å². The van der Waals surface area contributed by atoms with Crippen LogP contribution in [0.5, 0.6) is 5.75 Å². The minimum Gasteiger partial charge on any atom is -0.435 e. The molecule has 0 bridgehead atoms. The molecule has 0 aliphatic heterocycles. The Morgan fingerprint density at radius 2 is 2.00 bits per heavy atom. The van der Waals surface area contributed by atoms with Gasteiger partial charge in [-0.25, -0.2) is 0 Å². The molecule has 1 aromatic carbocycles. The van der Waals surface area contributed by atoms with Crippen molar-refractivity contribution >= 4 is 0 Å². The predicted molar refractivity (Wildman–Crippen MR) is 51.5 cm³/mol. The molecule has 1 aromatic rings. The lowest BCUT2D eigenvalue weighted by Crippen LogP contribution is -2.03. The van der Waals surface area contributed by atoms with E-state index in [1.54, 1.807) is 6.07 Å². The molecule has 15 heavy (non-hydrogen) atoms. The smallest absolute Gasteiger partial charge is 0.387 e. The average molecular weight is 210 g/mol. The van der Waals surface area contributed by atoms with Crippen LogP contribution in [0, 0.1) is 17.2 Å². The Labute approximate surface area is 87.1 Å². The summed E-state index contributed by atoms with van der Waals surface area (Å²) in [6, 6.07) is 6.31. The summed E-state index contributed by atoms with van der Waals surface area (Å²) < 4.78 is 28.2. The standard InChI is InChI=1S/C11H10F2NO/c1-7(2)9-3-8(6-14)4-10(5-9)15-11(12)13/h3-5,11H,1-2H3. The summed E-state index contributed by atoms with van der Waals surface area (Å²) in [4.78, 5) is 0. The Morgan fingerprint density at radius 3 is 2.47 bits per heavy atom. The van der Waals surface area contributed by atoms with Crippen LogP contribution in [0.15, 0.2) is 18.2 Å². The van der Waals surface area contributed by atoms with E-state index in [1.807, 2.05) is 19.9 Å². The Balaban J connectivity index is 3.07. The molecule has 0 amide bonds. The molecule has 0 saturated carbocycles. The van der Waals surface area contributed by atoms with Crippen molar-refractivity contribution < 1.29 is 13.5 Å². The van der Waals surface area contributed by atoms with Gasteiger partial charge in [0.05, 0.1) is 11.6 Å². The molecule has 0 N–H and O–H groups in total. The number of rotatable bonds is 3. The van der Waals surface area contributed by atoms with Gasteiger partial charge in [0.15, 0.2) is 0 Å². The summed E-state index contributed by atoms with van der Waals surface area (Å²) in [5.74, 6) is 0.950. The second-order valence-corrected chi connectivity index (χ2v) is 3.24. The third kappa shape index (κ3) is 3.21. The quantitative estimate of drug-likeness (QED) is 0.767. The lowest BCUT2D eigenvalue weighted by atomic mass is 10.0. The SMILES string of the molecule is C[C](C)c1cc(C#N)cc(OC(F)F)c1. The van der Waals surface area contributed by atoms with E-state index in [2.05, 4.69) is 4.74 Å². The van der Waals surface area contributed by atoms with Crippen molar-refractivity contribution in [2.24, 2.45) is 0 Å². The number of hydrogen-bond donors (Lipinski definition) is 0. The highest BCUT2D eigenvalue weighted by Gasteiger charge is 2.09. The number of ether oxygens (including phenoxy) is 1. The fourth-order valence-electron chi connectivity index (χ4n) is 1.12. The van der Waals surface area contributed by atoms with E-state index in [0.29, 0.717) is 5.56 Å². The number of hydrogen-bond acceptors (Lipinski definition) is 2. The van der Waals surface area contributed by atoms with Gasteiger partial charge >= 0.3 is 6.61 Å². The van der Waals surface area contributed by atoms with E-state index in [-0.39, 0.29) is 5.75 Å². The lowest BCUT2D eigenvalue weighted by molar-refractivity contribution is -0.0498. The van der Waals surface area contributed by atoms with Crippen LogP contribution < -0.4 is 4.74 Å². The number of nitriles is 1. The van der Waals surface area contributed by atoms with Crippen molar-refractivity contribution in [1.29, 1.82) is 5.26 Å². The van der Waals surface area contributed by atoms with E-state index in [0.717, 1.165) is 11.5 Å². The Morgan fingerprint density at radius 1 is 1.33 bits per heavy atom. The summed E-state index contributed by atoms with van der Waals surface area (Å²) in [5.41, 5.74) is 1.04. The molecule has 0 unspecified atom stereocenters. The highest BCUT2D eigenvalue weighted by molar-refractivity contribution is 5.44. The third-order valence-electron chi connectivity index (χ3n) is 1.84. The monoisotopic (exact) mass is 210 g/mol. The van der Waals surface area contributed by atoms with Crippen molar-refractivity contribution in [3.63, 3.8) is 0 Å². The number of halogens is 2. The normalized spacial score (nSPS) is 10.5. The summed E-state index contributed by atoms with van der Waals surface area (Å²) in [5, 5.41) is 8.70. The zero-order valence-corrected chi connectivity index (χ0v) is 8.42. The second kappa shape index (κ2) is 4.74. The predicted octanol–water partition coefficient (Wildman–Crippen LogP) is 3.12. The second-order valence-electron chi connectivity index (χ2n) is 3.24. The van der Waals surface area contributed by atoms with Gasteiger partial charge in [0.25, 0.3) is 0 Å². The largest absolute Gasteiger partial charge is 0.435 e. The van der Waals surface area contributed by atoms with Crippen molar-refractivity contribution in [3.05, 3.63) is 35.2 Å². The molecule has 79 valence electrons. The van der Waals surface area contributed by atoms with E-state index in [9.17, 15) is 8.78 Å². The highest BCUT2D eigenvalue weighted by Crippen LogP contribution is 2.23. The van der Waals surface area contributed by atoms with Crippen LogP contribution in [0.1, 0.15) is 25.0 Å². The maximum Gasteiger partial charge on any atom is 0.387 e. The summed E-state index contributed by atoms with van der Waals surface area (Å²) in [6.45, 7) is 0.801. The molecular weight excluding hydrogens is 200 g/mol. The minimum atomic E-state index is -2.87. The molecule has 0 aliphatic rings. The summed E-state index contributed by atoms with van der Waals surface area (Å²) >= 11 is 0. The molecule has 0 heterocycles.